The average molecular weight is 552 g/mol. The molecule has 184 valence electrons. The van der Waals surface area contributed by atoms with Crippen LogP contribution in [0.15, 0.2) is 81.1 Å². The quantitative estimate of drug-likeness (QED) is 0.215. The van der Waals surface area contributed by atoms with Gasteiger partial charge in [-0.25, -0.2) is 4.98 Å². The molecule has 7 heteroatoms. The van der Waals surface area contributed by atoms with Crippen molar-refractivity contribution < 1.29 is 0 Å². The Labute approximate surface area is 223 Å². The molecule has 0 saturated carbocycles. The topological polar surface area (TPSA) is 76.0 Å². The van der Waals surface area contributed by atoms with E-state index in [0.717, 1.165) is 45.0 Å². The summed E-state index contributed by atoms with van der Waals surface area (Å²) in [6.45, 7) is 4.73. The van der Waals surface area contributed by atoms with Crippen molar-refractivity contribution in [3.8, 4) is 6.07 Å². The monoisotopic (exact) mass is 551 g/mol. The predicted octanol–water partition coefficient (Wildman–Crippen LogP) is 6.57. The Bertz CT molecular complexity index is 1760. The molecule has 5 rings (SSSR count). The molecule has 3 aromatic carbocycles. The summed E-state index contributed by atoms with van der Waals surface area (Å²) in [4.78, 5) is 18.3. The van der Waals surface area contributed by atoms with Gasteiger partial charge in [-0.05, 0) is 49.2 Å². The summed E-state index contributed by atoms with van der Waals surface area (Å²) in [6.07, 6.45) is 4.35. The van der Waals surface area contributed by atoms with Crippen LogP contribution in [0.25, 0.3) is 21.8 Å². The maximum atomic E-state index is 13.5. The highest BCUT2D eigenvalue weighted by Crippen LogP contribution is 2.26. The third kappa shape index (κ3) is 4.73. The van der Waals surface area contributed by atoms with Gasteiger partial charge in [0.15, 0.2) is 0 Å². The van der Waals surface area contributed by atoms with E-state index in [4.69, 9.17) is 10.1 Å². The Hall–Kier alpha value is -4.02. The second-order valence-electron chi connectivity index (χ2n) is 9.03. The van der Waals surface area contributed by atoms with Crippen molar-refractivity contribution in [1.29, 1.82) is 5.26 Å². The van der Waals surface area contributed by atoms with Crippen molar-refractivity contribution in [2.75, 3.05) is 0 Å². The lowest BCUT2D eigenvalue weighted by molar-refractivity contribution is 0.675. The lowest BCUT2D eigenvalue weighted by atomic mass is 10.1. The Kier molecular flexibility index (Phi) is 7.02. The van der Waals surface area contributed by atoms with E-state index in [0.29, 0.717) is 35.3 Å². The average Bonchev–Trinajstić information content (AvgIpc) is 3.18. The number of benzene rings is 3. The van der Waals surface area contributed by atoms with Crippen molar-refractivity contribution >= 4 is 44.0 Å². The van der Waals surface area contributed by atoms with Crippen molar-refractivity contribution in [3.63, 3.8) is 0 Å². The van der Waals surface area contributed by atoms with E-state index in [1.807, 2.05) is 55.5 Å². The maximum Gasteiger partial charge on any atom is 0.282 e. The molecule has 0 atom stereocenters. The van der Waals surface area contributed by atoms with Gasteiger partial charge >= 0.3 is 0 Å². The number of halogens is 1. The minimum atomic E-state index is -0.182. The zero-order valence-corrected chi connectivity index (χ0v) is 22.4. The molecule has 0 bridgehead atoms. The fraction of sp³-hybridized carbons (Fsp3) is 0.200. The summed E-state index contributed by atoms with van der Waals surface area (Å²) in [5.74, 6) is 0.655. The first-order valence-corrected chi connectivity index (χ1v) is 13.1. The lowest BCUT2D eigenvalue weighted by Crippen LogP contribution is -2.22. The molecule has 0 spiro atoms. The fourth-order valence-corrected chi connectivity index (χ4v) is 5.05. The number of nitriles is 1. The molecule has 37 heavy (non-hydrogen) atoms. The van der Waals surface area contributed by atoms with Crippen LogP contribution in [0.1, 0.15) is 48.0 Å². The molecular formula is C30H26BrN5O. The molecular weight excluding hydrogens is 526 g/mol. The Morgan fingerprint density at radius 1 is 1.08 bits per heavy atom. The number of rotatable bonds is 7. The van der Waals surface area contributed by atoms with E-state index in [9.17, 15) is 10.1 Å². The smallest absolute Gasteiger partial charge is 0.282 e. The van der Waals surface area contributed by atoms with Gasteiger partial charge in [0.05, 0.1) is 28.8 Å². The highest BCUT2D eigenvalue weighted by Gasteiger charge is 2.15. The maximum absolute atomic E-state index is 13.5. The van der Waals surface area contributed by atoms with Gasteiger partial charge < -0.3 is 4.57 Å². The van der Waals surface area contributed by atoms with Gasteiger partial charge in [-0.15, -0.1) is 0 Å². The number of para-hydroxylation sites is 1. The van der Waals surface area contributed by atoms with Crippen molar-refractivity contribution in [2.45, 2.75) is 39.7 Å². The van der Waals surface area contributed by atoms with Crippen LogP contribution in [0, 0.1) is 18.3 Å². The number of aromatic nitrogens is 3. The highest BCUT2D eigenvalue weighted by atomic mass is 79.9. The van der Waals surface area contributed by atoms with Gasteiger partial charge in [-0.2, -0.15) is 15.0 Å². The zero-order valence-electron chi connectivity index (χ0n) is 20.8. The van der Waals surface area contributed by atoms with E-state index >= 15 is 0 Å². The summed E-state index contributed by atoms with van der Waals surface area (Å²) in [5.41, 5.74) is 5.11. The Balaban J connectivity index is 1.65. The molecule has 2 heterocycles. The third-order valence-electron chi connectivity index (χ3n) is 6.68. The highest BCUT2D eigenvalue weighted by molar-refractivity contribution is 9.10. The van der Waals surface area contributed by atoms with Crippen LogP contribution in [0.3, 0.4) is 0 Å². The molecule has 0 N–H and O–H groups in total. The van der Waals surface area contributed by atoms with E-state index in [1.165, 1.54) is 4.68 Å². The van der Waals surface area contributed by atoms with Gasteiger partial charge in [-0.3, -0.25) is 4.79 Å². The summed E-state index contributed by atoms with van der Waals surface area (Å²) in [7, 11) is 0. The number of hydrogen-bond acceptors (Lipinski definition) is 4. The van der Waals surface area contributed by atoms with E-state index in [1.54, 1.807) is 12.3 Å². The number of aryl methyl sites for hydroxylation is 1. The summed E-state index contributed by atoms with van der Waals surface area (Å²) < 4.78 is 4.47. The summed E-state index contributed by atoms with van der Waals surface area (Å²) >= 11 is 3.47. The molecule has 2 aromatic heterocycles. The molecule has 0 saturated heterocycles. The van der Waals surface area contributed by atoms with Crippen LogP contribution in [0.4, 0.5) is 0 Å². The molecule has 0 aliphatic rings. The molecule has 0 amide bonds. The van der Waals surface area contributed by atoms with Crippen LogP contribution in [-0.2, 0) is 13.0 Å². The molecule has 0 unspecified atom stereocenters. The SMILES string of the molecule is CCCCc1nc2ccc(Br)cc2c(=O)n1N=Cc1c(C)n(Cc2ccccc2C#N)c2ccccc12. The van der Waals surface area contributed by atoms with Gasteiger partial charge in [0.25, 0.3) is 5.56 Å². The van der Waals surface area contributed by atoms with Crippen LogP contribution < -0.4 is 5.56 Å². The lowest BCUT2D eigenvalue weighted by Gasteiger charge is -2.10. The van der Waals surface area contributed by atoms with Crippen molar-refractivity contribution in [1.82, 2.24) is 14.2 Å². The second kappa shape index (κ2) is 10.5. The normalized spacial score (nSPS) is 11.5. The van der Waals surface area contributed by atoms with Crippen LogP contribution in [0.5, 0.6) is 0 Å². The first-order valence-electron chi connectivity index (χ1n) is 12.3. The Morgan fingerprint density at radius 2 is 1.86 bits per heavy atom. The fourth-order valence-electron chi connectivity index (χ4n) is 4.69. The van der Waals surface area contributed by atoms with Gasteiger partial charge in [0, 0.05) is 39.6 Å². The second-order valence-corrected chi connectivity index (χ2v) is 9.94. The Morgan fingerprint density at radius 3 is 2.68 bits per heavy atom. The number of unbranched alkanes of at least 4 members (excludes halogenated alkanes) is 1. The standard InChI is InChI=1S/C30H26BrN5O/c1-3-4-13-29-34-27-15-14-23(31)16-25(27)30(37)36(29)33-18-26-20(2)35(28-12-8-7-11-24(26)28)19-22-10-6-5-9-21(22)17-32/h5-12,14-16,18H,3-4,13,19H2,1-2H3. The number of nitrogens with zero attached hydrogens (tertiary/aromatic N) is 5. The third-order valence-corrected chi connectivity index (χ3v) is 7.17. The molecule has 0 fully saturated rings. The molecule has 6 nitrogen and oxygen atoms in total. The zero-order chi connectivity index (χ0) is 25.9. The largest absolute Gasteiger partial charge is 0.340 e. The van der Waals surface area contributed by atoms with E-state index in [-0.39, 0.29) is 5.56 Å². The number of hydrogen-bond donors (Lipinski definition) is 0. The first kappa shape index (κ1) is 24.7. The molecule has 0 aliphatic carbocycles. The predicted molar refractivity (Wildman–Crippen MR) is 152 cm³/mol. The van der Waals surface area contributed by atoms with Gasteiger partial charge in [-0.1, -0.05) is 65.7 Å². The van der Waals surface area contributed by atoms with Crippen LogP contribution >= 0.6 is 15.9 Å². The van der Waals surface area contributed by atoms with E-state index in [2.05, 4.69) is 45.6 Å². The van der Waals surface area contributed by atoms with Crippen LogP contribution in [-0.4, -0.2) is 20.4 Å². The van der Waals surface area contributed by atoms with Crippen LogP contribution in [0.2, 0.25) is 0 Å². The van der Waals surface area contributed by atoms with Gasteiger partial charge in [0.2, 0.25) is 0 Å². The number of fused-ring (bicyclic) bond motifs is 2. The summed E-state index contributed by atoms with van der Waals surface area (Å²) in [6, 6.07) is 23.7. The molecule has 0 radical (unpaired) electrons. The minimum absolute atomic E-state index is 0.182. The summed E-state index contributed by atoms with van der Waals surface area (Å²) in [5, 5.41) is 15.9. The molecule has 5 aromatic rings. The minimum Gasteiger partial charge on any atom is -0.340 e. The van der Waals surface area contributed by atoms with Crippen molar-refractivity contribution in [3.05, 3.63) is 110 Å². The first-order chi connectivity index (χ1) is 18.0. The molecule has 0 aliphatic heterocycles. The van der Waals surface area contributed by atoms with Crippen molar-refractivity contribution in [2.24, 2.45) is 5.10 Å². The van der Waals surface area contributed by atoms with E-state index < -0.39 is 0 Å². The van der Waals surface area contributed by atoms with Gasteiger partial charge in [0.1, 0.15) is 5.82 Å².